The van der Waals surface area contributed by atoms with E-state index in [2.05, 4.69) is 15.4 Å². The number of esters is 1. The van der Waals surface area contributed by atoms with Crippen LogP contribution in [0.3, 0.4) is 0 Å². The van der Waals surface area contributed by atoms with Gasteiger partial charge in [-0.2, -0.15) is 4.72 Å². The number of hydrogen-bond acceptors (Lipinski definition) is 6. The van der Waals surface area contributed by atoms with E-state index in [0.29, 0.717) is 12.2 Å². The zero-order chi connectivity index (χ0) is 20.6. The second kappa shape index (κ2) is 10.0. The molecule has 0 saturated carbocycles. The molecule has 0 bridgehead atoms. The van der Waals surface area contributed by atoms with E-state index in [1.165, 1.54) is 38.1 Å². The number of benzene rings is 1. The Morgan fingerprint density at radius 1 is 1.07 bits per heavy atom. The molecule has 1 atom stereocenters. The van der Waals surface area contributed by atoms with Gasteiger partial charge in [0.05, 0.1) is 4.90 Å². The SMILES string of the molecule is CC(=O)Nc1ccc(S(=O)(=O)NCC(=O)O[C@@H](C)C(=O)NCC(C)C)cc1. The van der Waals surface area contributed by atoms with Crippen molar-refractivity contribution >= 4 is 33.5 Å². The summed E-state index contributed by atoms with van der Waals surface area (Å²) in [6, 6.07) is 5.44. The van der Waals surface area contributed by atoms with E-state index in [-0.39, 0.29) is 16.7 Å². The predicted octanol–water partition coefficient (Wildman–Crippen LogP) is 0.627. The van der Waals surface area contributed by atoms with Crippen molar-refractivity contribution in [1.29, 1.82) is 0 Å². The predicted molar refractivity (Wildman–Crippen MR) is 99.3 cm³/mol. The zero-order valence-corrected chi connectivity index (χ0v) is 16.6. The molecule has 0 heterocycles. The lowest BCUT2D eigenvalue weighted by atomic mass is 10.2. The largest absolute Gasteiger partial charge is 0.452 e. The Labute approximate surface area is 158 Å². The Bertz CT molecular complexity index is 774. The van der Waals surface area contributed by atoms with Gasteiger partial charge in [0, 0.05) is 19.2 Å². The molecule has 10 heteroatoms. The van der Waals surface area contributed by atoms with Crippen molar-refractivity contribution < 1.29 is 27.5 Å². The number of carbonyl (C=O) groups excluding carboxylic acids is 3. The normalized spacial score (nSPS) is 12.3. The maximum Gasteiger partial charge on any atom is 0.321 e. The summed E-state index contributed by atoms with van der Waals surface area (Å²) in [5.74, 6) is -1.35. The molecule has 0 aromatic heterocycles. The van der Waals surface area contributed by atoms with Crippen LogP contribution < -0.4 is 15.4 Å². The molecule has 0 radical (unpaired) electrons. The lowest BCUT2D eigenvalue weighted by molar-refractivity contribution is -0.153. The van der Waals surface area contributed by atoms with Gasteiger partial charge in [0.2, 0.25) is 15.9 Å². The number of hydrogen-bond donors (Lipinski definition) is 3. The van der Waals surface area contributed by atoms with Gasteiger partial charge < -0.3 is 15.4 Å². The average molecular weight is 399 g/mol. The first-order valence-electron chi connectivity index (χ1n) is 8.35. The first kappa shape index (κ1) is 22.6. The standard InChI is InChI=1S/C17H25N3O6S/c1-11(2)9-18-17(23)12(3)26-16(22)10-19-27(24,25)15-7-5-14(6-8-15)20-13(4)21/h5-8,11-12,19H,9-10H2,1-4H3,(H,18,23)(H,20,21)/t12-/m0/s1. The maximum atomic E-state index is 12.2. The summed E-state index contributed by atoms with van der Waals surface area (Å²) >= 11 is 0. The third-order valence-corrected chi connectivity index (χ3v) is 4.67. The first-order chi connectivity index (χ1) is 12.5. The molecule has 0 saturated heterocycles. The van der Waals surface area contributed by atoms with E-state index in [1.807, 2.05) is 13.8 Å². The minimum Gasteiger partial charge on any atom is -0.452 e. The van der Waals surface area contributed by atoms with E-state index >= 15 is 0 Å². The lowest BCUT2D eigenvalue weighted by Gasteiger charge is -2.15. The zero-order valence-electron chi connectivity index (χ0n) is 15.7. The van der Waals surface area contributed by atoms with Gasteiger partial charge in [-0.15, -0.1) is 0 Å². The summed E-state index contributed by atoms with van der Waals surface area (Å²) in [5, 5.41) is 5.14. The van der Waals surface area contributed by atoms with Crippen LogP contribution in [0.1, 0.15) is 27.7 Å². The summed E-state index contributed by atoms with van der Waals surface area (Å²) in [6.45, 7) is 6.42. The molecule has 0 spiro atoms. The molecule has 0 fully saturated rings. The molecule has 1 aromatic rings. The van der Waals surface area contributed by atoms with Gasteiger partial charge in [-0.25, -0.2) is 8.42 Å². The van der Waals surface area contributed by atoms with E-state index in [0.717, 1.165) is 0 Å². The lowest BCUT2D eigenvalue weighted by Crippen LogP contribution is -2.39. The van der Waals surface area contributed by atoms with Gasteiger partial charge >= 0.3 is 5.97 Å². The van der Waals surface area contributed by atoms with Gasteiger partial charge in [0.25, 0.3) is 5.91 Å². The molecule has 0 aliphatic carbocycles. The van der Waals surface area contributed by atoms with Gasteiger partial charge in [-0.1, -0.05) is 13.8 Å². The molecule has 150 valence electrons. The molecule has 1 aromatic carbocycles. The highest BCUT2D eigenvalue weighted by Gasteiger charge is 2.20. The van der Waals surface area contributed by atoms with Crippen LogP contribution in [0.2, 0.25) is 0 Å². The molecule has 0 aliphatic rings. The van der Waals surface area contributed by atoms with E-state index in [9.17, 15) is 22.8 Å². The Hall–Kier alpha value is -2.46. The first-order valence-corrected chi connectivity index (χ1v) is 9.84. The van der Waals surface area contributed by atoms with E-state index in [1.54, 1.807) is 0 Å². The summed E-state index contributed by atoms with van der Waals surface area (Å²) in [7, 11) is -3.94. The van der Waals surface area contributed by atoms with Crippen LogP contribution in [0.4, 0.5) is 5.69 Å². The summed E-state index contributed by atoms with van der Waals surface area (Å²) in [6.07, 6.45) is -1.03. The highest BCUT2D eigenvalue weighted by molar-refractivity contribution is 7.89. The van der Waals surface area contributed by atoms with E-state index < -0.39 is 34.5 Å². The number of sulfonamides is 1. The Morgan fingerprint density at radius 3 is 2.19 bits per heavy atom. The quantitative estimate of drug-likeness (QED) is 0.522. The molecule has 3 N–H and O–H groups in total. The summed E-state index contributed by atoms with van der Waals surface area (Å²) in [4.78, 5) is 34.4. The van der Waals surface area contributed by atoms with Crippen molar-refractivity contribution in [3.63, 3.8) is 0 Å². The van der Waals surface area contributed by atoms with Gasteiger partial charge in [-0.3, -0.25) is 14.4 Å². The third-order valence-electron chi connectivity index (χ3n) is 3.25. The minimum atomic E-state index is -3.94. The Balaban J connectivity index is 2.56. The molecule has 0 aliphatic heterocycles. The van der Waals surface area contributed by atoms with Crippen molar-refractivity contribution in [1.82, 2.24) is 10.0 Å². The number of anilines is 1. The monoisotopic (exact) mass is 399 g/mol. The van der Waals surface area contributed by atoms with Crippen LogP contribution in [0.15, 0.2) is 29.2 Å². The molecule has 9 nitrogen and oxygen atoms in total. The van der Waals surface area contributed by atoms with Crippen LogP contribution in [0.5, 0.6) is 0 Å². The molecule has 0 unspecified atom stereocenters. The van der Waals surface area contributed by atoms with Gasteiger partial charge in [0.1, 0.15) is 6.54 Å². The van der Waals surface area contributed by atoms with Crippen LogP contribution in [-0.4, -0.2) is 45.4 Å². The van der Waals surface area contributed by atoms with Crippen molar-refractivity contribution in [3.05, 3.63) is 24.3 Å². The van der Waals surface area contributed by atoms with Crippen molar-refractivity contribution in [3.8, 4) is 0 Å². The third kappa shape index (κ3) is 8.18. The van der Waals surface area contributed by atoms with Gasteiger partial charge in [-0.05, 0) is 37.1 Å². The molecule has 1 rings (SSSR count). The van der Waals surface area contributed by atoms with Crippen molar-refractivity contribution in [2.45, 2.75) is 38.7 Å². The van der Waals surface area contributed by atoms with Crippen molar-refractivity contribution in [2.24, 2.45) is 5.92 Å². The van der Waals surface area contributed by atoms with E-state index in [4.69, 9.17) is 4.74 Å². The second-order valence-corrected chi connectivity index (χ2v) is 8.07. The number of nitrogens with one attached hydrogen (secondary N) is 3. The molecular formula is C17H25N3O6S. The Morgan fingerprint density at radius 2 is 1.67 bits per heavy atom. The maximum absolute atomic E-state index is 12.2. The number of amides is 2. The summed E-state index contributed by atoms with van der Waals surface area (Å²) in [5.41, 5.74) is 0.446. The number of rotatable bonds is 9. The fourth-order valence-electron chi connectivity index (χ4n) is 1.90. The van der Waals surface area contributed by atoms with Crippen LogP contribution in [0.25, 0.3) is 0 Å². The topological polar surface area (TPSA) is 131 Å². The number of carbonyl (C=O) groups is 3. The molecular weight excluding hydrogens is 374 g/mol. The molecule has 2 amide bonds. The van der Waals surface area contributed by atoms with Crippen LogP contribution in [0, 0.1) is 5.92 Å². The highest BCUT2D eigenvalue weighted by Crippen LogP contribution is 2.13. The smallest absolute Gasteiger partial charge is 0.321 e. The van der Waals surface area contributed by atoms with Crippen molar-refractivity contribution in [2.75, 3.05) is 18.4 Å². The Kier molecular flexibility index (Phi) is 8.38. The fraction of sp³-hybridized carbons (Fsp3) is 0.471. The van der Waals surface area contributed by atoms with Crippen LogP contribution in [-0.2, 0) is 29.1 Å². The van der Waals surface area contributed by atoms with Gasteiger partial charge in [0.15, 0.2) is 6.10 Å². The minimum absolute atomic E-state index is 0.0767. The fourth-order valence-corrected chi connectivity index (χ4v) is 2.87. The highest BCUT2D eigenvalue weighted by atomic mass is 32.2. The average Bonchev–Trinajstić information content (AvgIpc) is 2.57. The number of ether oxygens (including phenoxy) is 1. The second-order valence-electron chi connectivity index (χ2n) is 6.30. The summed E-state index contributed by atoms with van der Waals surface area (Å²) < 4.78 is 31.4. The molecule has 27 heavy (non-hydrogen) atoms. The van der Waals surface area contributed by atoms with Crippen LogP contribution >= 0.6 is 0 Å².